The van der Waals surface area contributed by atoms with Crippen LogP contribution >= 0.6 is 0 Å². The number of likely N-dealkylation sites (tertiary alicyclic amines) is 1. The highest BCUT2D eigenvalue weighted by Crippen LogP contribution is 2.15. The molecule has 2 rings (SSSR count). The molecule has 1 amide bonds. The fraction of sp³-hybridized carbons (Fsp3) is 0.750. The van der Waals surface area contributed by atoms with E-state index in [4.69, 9.17) is 4.74 Å². The Balaban J connectivity index is 1.71. The number of aromatic amines is 1. The molecule has 2 N–H and O–H groups in total. The number of nitrogens with one attached hydrogen (secondary N) is 2. The van der Waals surface area contributed by atoms with E-state index in [1.54, 1.807) is 6.20 Å². The first-order valence-electron chi connectivity index (χ1n) is 8.13. The predicted octanol–water partition coefficient (Wildman–Crippen LogP) is 2.33. The molecule has 1 aliphatic rings. The Morgan fingerprint density at radius 1 is 1.45 bits per heavy atom. The second-order valence-electron chi connectivity index (χ2n) is 6.84. The van der Waals surface area contributed by atoms with Gasteiger partial charge in [-0.2, -0.15) is 0 Å². The van der Waals surface area contributed by atoms with Gasteiger partial charge < -0.3 is 19.9 Å². The highest BCUT2D eigenvalue weighted by Gasteiger charge is 2.24. The van der Waals surface area contributed by atoms with Crippen LogP contribution in [0.3, 0.4) is 0 Å². The molecule has 1 aliphatic heterocycles. The molecule has 1 saturated heterocycles. The zero-order valence-corrected chi connectivity index (χ0v) is 13.9. The molecule has 1 aromatic heterocycles. The molecule has 6 nitrogen and oxygen atoms in total. The molecule has 124 valence electrons. The summed E-state index contributed by atoms with van der Waals surface area (Å²) in [5, 5.41) is 3.57. The van der Waals surface area contributed by atoms with Gasteiger partial charge in [0.2, 0.25) is 0 Å². The van der Waals surface area contributed by atoms with Gasteiger partial charge in [-0.25, -0.2) is 9.78 Å². The number of imidazole rings is 1. The second-order valence-corrected chi connectivity index (χ2v) is 6.84. The second kappa shape index (κ2) is 7.63. The number of carbonyl (C=O) groups is 1. The maximum atomic E-state index is 12.1. The molecule has 0 bridgehead atoms. The first-order valence-corrected chi connectivity index (χ1v) is 8.13. The van der Waals surface area contributed by atoms with Gasteiger partial charge in [-0.05, 0) is 40.0 Å². The summed E-state index contributed by atoms with van der Waals surface area (Å²) in [5.41, 5.74) is -0.427. The van der Waals surface area contributed by atoms with Crippen molar-refractivity contribution in [3.8, 4) is 0 Å². The zero-order valence-electron chi connectivity index (χ0n) is 13.9. The number of nitrogens with zero attached hydrogens (tertiary/aromatic N) is 2. The van der Waals surface area contributed by atoms with Crippen LogP contribution in [-0.4, -0.2) is 52.2 Å². The smallest absolute Gasteiger partial charge is 0.410 e. The Bertz CT molecular complexity index is 453. The summed E-state index contributed by atoms with van der Waals surface area (Å²) in [4.78, 5) is 21.3. The van der Waals surface area contributed by atoms with Gasteiger partial charge in [0.1, 0.15) is 11.4 Å². The Morgan fingerprint density at radius 3 is 2.95 bits per heavy atom. The molecule has 1 aromatic rings. The van der Waals surface area contributed by atoms with E-state index in [-0.39, 0.29) is 6.09 Å². The van der Waals surface area contributed by atoms with Crippen LogP contribution in [0.1, 0.15) is 45.9 Å². The van der Waals surface area contributed by atoms with E-state index in [0.717, 1.165) is 51.1 Å². The lowest BCUT2D eigenvalue weighted by atomic mass is 10.1. The van der Waals surface area contributed by atoms with Gasteiger partial charge in [-0.1, -0.05) is 0 Å². The number of hydrogen-bond donors (Lipinski definition) is 2. The van der Waals surface area contributed by atoms with E-state index in [2.05, 4.69) is 15.3 Å². The standard InChI is InChI=1S/C16H28N4O2/c1-16(2,3)22-15(21)20-11-4-5-13(7-12-20)17-8-6-14-18-9-10-19-14/h9-10,13,17H,4-8,11-12H2,1-3H3,(H,18,19). The van der Waals surface area contributed by atoms with Crippen LogP contribution in [0.2, 0.25) is 0 Å². The summed E-state index contributed by atoms with van der Waals surface area (Å²) >= 11 is 0. The lowest BCUT2D eigenvalue weighted by Gasteiger charge is -2.26. The molecule has 0 aliphatic carbocycles. The molecule has 0 aromatic carbocycles. The van der Waals surface area contributed by atoms with Crippen molar-refractivity contribution in [2.45, 2.75) is 58.1 Å². The summed E-state index contributed by atoms with van der Waals surface area (Å²) in [5.74, 6) is 1.01. The van der Waals surface area contributed by atoms with Crippen LogP contribution < -0.4 is 5.32 Å². The molecule has 1 unspecified atom stereocenters. The van der Waals surface area contributed by atoms with Crippen molar-refractivity contribution in [3.63, 3.8) is 0 Å². The monoisotopic (exact) mass is 308 g/mol. The van der Waals surface area contributed by atoms with Gasteiger partial charge in [0.15, 0.2) is 0 Å². The summed E-state index contributed by atoms with van der Waals surface area (Å²) < 4.78 is 5.45. The minimum atomic E-state index is -0.427. The predicted molar refractivity (Wildman–Crippen MR) is 85.7 cm³/mol. The number of H-pyrrole nitrogens is 1. The normalized spacial score (nSPS) is 19.8. The van der Waals surface area contributed by atoms with Crippen LogP contribution in [0.5, 0.6) is 0 Å². The average molecular weight is 308 g/mol. The zero-order chi connectivity index (χ0) is 16.0. The number of aromatic nitrogens is 2. The first-order chi connectivity index (χ1) is 10.4. The van der Waals surface area contributed by atoms with Crippen LogP contribution in [-0.2, 0) is 11.2 Å². The Morgan fingerprint density at radius 2 is 2.27 bits per heavy atom. The topological polar surface area (TPSA) is 70.2 Å². The largest absolute Gasteiger partial charge is 0.444 e. The van der Waals surface area contributed by atoms with Gasteiger partial charge in [0.25, 0.3) is 0 Å². The molecule has 1 fully saturated rings. The number of ether oxygens (including phenoxy) is 1. The summed E-state index contributed by atoms with van der Waals surface area (Å²) in [6, 6.07) is 0.461. The lowest BCUT2D eigenvalue weighted by Crippen LogP contribution is -2.38. The van der Waals surface area contributed by atoms with Crippen molar-refractivity contribution < 1.29 is 9.53 Å². The van der Waals surface area contributed by atoms with E-state index < -0.39 is 5.60 Å². The number of rotatable bonds is 4. The SMILES string of the molecule is CC(C)(C)OC(=O)N1CCCC(NCCc2ncc[nH]2)CC1. The highest BCUT2D eigenvalue weighted by molar-refractivity contribution is 5.68. The van der Waals surface area contributed by atoms with Crippen LogP contribution in [0.15, 0.2) is 12.4 Å². The van der Waals surface area contributed by atoms with E-state index in [9.17, 15) is 4.79 Å². The van der Waals surface area contributed by atoms with Crippen molar-refractivity contribution in [1.82, 2.24) is 20.2 Å². The fourth-order valence-corrected chi connectivity index (χ4v) is 2.64. The number of carbonyl (C=O) groups excluding carboxylic acids is 1. The van der Waals surface area contributed by atoms with Gasteiger partial charge in [-0.15, -0.1) is 0 Å². The Hall–Kier alpha value is -1.56. The molecule has 1 atom stereocenters. The van der Waals surface area contributed by atoms with Gasteiger partial charge >= 0.3 is 6.09 Å². The van der Waals surface area contributed by atoms with Crippen LogP contribution in [0, 0.1) is 0 Å². The summed E-state index contributed by atoms with van der Waals surface area (Å²) in [6.07, 6.45) is 7.41. The van der Waals surface area contributed by atoms with Crippen LogP contribution in [0.4, 0.5) is 4.79 Å². The molecule has 0 spiro atoms. The Labute approximate surface area is 132 Å². The van der Waals surface area contributed by atoms with Crippen molar-refractivity contribution in [1.29, 1.82) is 0 Å². The van der Waals surface area contributed by atoms with E-state index in [1.807, 2.05) is 31.9 Å². The van der Waals surface area contributed by atoms with Crippen molar-refractivity contribution >= 4 is 6.09 Å². The molecular formula is C16H28N4O2. The third-order valence-corrected chi connectivity index (χ3v) is 3.73. The van der Waals surface area contributed by atoms with Crippen molar-refractivity contribution in [3.05, 3.63) is 18.2 Å². The average Bonchev–Trinajstić information content (AvgIpc) is 2.81. The minimum Gasteiger partial charge on any atom is -0.444 e. The molecule has 2 heterocycles. The number of hydrogen-bond acceptors (Lipinski definition) is 4. The minimum absolute atomic E-state index is 0.191. The van der Waals surface area contributed by atoms with E-state index in [1.165, 1.54) is 0 Å². The number of amides is 1. The van der Waals surface area contributed by atoms with Crippen LogP contribution in [0.25, 0.3) is 0 Å². The molecule has 0 radical (unpaired) electrons. The lowest BCUT2D eigenvalue weighted by molar-refractivity contribution is 0.0256. The van der Waals surface area contributed by atoms with E-state index in [0.29, 0.717) is 6.04 Å². The maximum Gasteiger partial charge on any atom is 0.410 e. The first kappa shape index (κ1) is 16.8. The third kappa shape index (κ3) is 5.67. The molecule has 22 heavy (non-hydrogen) atoms. The fourth-order valence-electron chi connectivity index (χ4n) is 2.64. The highest BCUT2D eigenvalue weighted by atomic mass is 16.6. The van der Waals surface area contributed by atoms with Gasteiger partial charge in [0, 0.05) is 44.5 Å². The third-order valence-electron chi connectivity index (χ3n) is 3.73. The quantitative estimate of drug-likeness (QED) is 0.895. The summed E-state index contributed by atoms with van der Waals surface area (Å²) in [7, 11) is 0. The maximum absolute atomic E-state index is 12.1. The molecule has 0 saturated carbocycles. The van der Waals surface area contributed by atoms with Crippen molar-refractivity contribution in [2.24, 2.45) is 0 Å². The molecule has 6 heteroatoms. The van der Waals surface area contributed by atoms with Gasteiger partial charge in [0.05, 0.1) is 0 Å². The van der Waals surface area contributed by atoms with Crippen molar-refractivity contribution in [2.75, 3.05) is 19.6 Å². The Kier molecular flexibility index (Phi) is 5.83. The summed E-state index contributed by atoms with van der Waals surface area (Å²) in [6.45, 7) is 8.16. The van der Waals surface area contributed by atoms with E-state index >= 15 is 0 Å². The molecular weight excluding hydrogens is 280 g/mol. The van der Waals surface area contributed by atoms with Gasteiger partial charge in [-0.3, -0.25) is 0 Å².